The van der Waals surface area contributed by atoms with Crippen LogP contribution in [0.5, 0.6) is 5.75 Å². The van der Waals surface area contributed by atoms with E-state index in [1.165, 1.54) is 12.1 Å². The maximum atomic E-state index is 13.7. The summed E-state index contributed by atoms with van der Waals surface area (Å²) in [6.07, 6.45) is 0. The minimum atomic E-state index is -0.528. The molecule has 0 unspecified atom stereocenters. The molecule has 6 nitrogen and oxygen atoms in total. The molecule has 0 saturated carbocycles. The van der Waals surface area contributed by atoms with E-state index in [1.54, 1.807) is 15.9 Å². The minimum absolute atomic E-state index is 0.0347. The Morgan fingerprint density at radius 1 is 1.04 bits per heavy atom. The number of rotatable bonds is 4. The number of carbonyl (C=O) groups excluding carboxylic acids is 2. The number of carbonyl (C=O) groups is 2. The fourth-order valence-electron chi connectivity index (χ4n) is 2.71. The number of benzene rings is 2. The molecule has 8 heteroatoms. The molecule has 2 aromatic carbocycles. The number of nitrogens with zero attached hydrogens (tertiary/aromatic N) is 2. The Morgan fingerprint density at radius 2 is 1.70 bits per heavy atom. The minimum Gasteiger partial charge on any atom is -0.481 e. The van der Waals surface area contributed by atoms with Crippen molar-refractivity contribution in [3.8, 4) is 5.75 Å². The average molecular weight is 436 g/mol. The summed E-state index contributed by atoms with van der Waals surface area (Å²) < 4.78 is 19.6. The highest BCUT2D eigenvalue weighted by Crippen LogP contribution is 2.21. The summed E-state index contributed by atoms with van der Waals surface area (Å²) in [5.41, 5.74) is 0.728. The summed E-state index contributed by atoms with van der Waals surface area (Å²) >= 11 is 3.17. The van der Waals surface area contributed by atoms with E-state index in [9.17, 15) is 14.0 Å². The summed E-state index contributed by atoms with van der Waals surface area (Å²) in [7, 11) is 0. The lowest BCUT2D eigenvalue weighted by Crippen LogP contribution is -2.52. The van der Waals surface area contributed by atoms with E-state index in [0.717, 1.165) is 5.69 Å². The van der Waals surface area contributed by atoms with Gasteiger partial charge in [0.15, 0.2) is 18.2 Å². The van der Waals surface area contributed by atoms with Crippen molar-refractivity contribution in [1.29, 1.82) is 0 Å². The molecule has 1 heterocycles. The number of ether oxygens (including phenoxy) is 1. The zero-order chi connectivity index (χ0) is 19.2. The monoisotopic (exact) mass is 435 g/mol. The van der Waals surface area contributed by atoms with Gasteiger partial charge in [0.05, 0.1) is 0 Å². The number of amides is 3. The molecule has 2 aromatic rings. The van der Waals surface area contributed by atoms with Gasteiger partial charge in [0.2, 0.25) is 0 Å². The van der Waals surface area contributed by atoms with Gasteiger partial charge in [-0.05, 0) is 30.3 Å². The SMILES string of the molecule is O=C(COc1ccc(Br)cc1F)N1CCN(C(=O)Nc2ccccc2)CC1. The molecule has 27 heavy (non-hydrogen) atoms. The van der Waals surface area contributed by atoms with Gasteiger partial charge >= 0.3 is 6.03 Å². The van der Waals surface area contributed by atoms with Crippen molar-refractivity contribution in [3.05, 3.63) is 58.8 Å². The van der Waals surface area contributed by atoms with Gasteiger partial charge in [0.25, 0.3) is 5.91 Å². The van der Waals surface area contributed by atoms with Crippen LogP contribution in [-0.2, 0) is 4.79 Å². The Bertz CT molecular complexity index is 811. The molecule has 142 valence electrons. The highest BCUT2D eigenvalue weighted by molar-refractivity contribution is 9.10. The van der Waals surface area contributed by atoms with Crippen molar-refractivity contribution in [3.63, 3.8) is 0 Å². The third-order valence-corrected chi connectivity index (χ3v) is 4.68. The topological polar surface area (TPSA) is 61.9 Å². The van der Waals surface area contributed by atoms with Crippen molar-refractivity contribution in [1.82, 2.24) is 9.80 Å². The van der Waals surface area contributed by atoms with Crippen molar-refractivity contribution >= 4 is 33.6 Å². The van der Waals surface area contributed by atoms with Crippen molar-refractivity contribution in [2.45, 2.75) is 0 Å². The van der Waals surface area contributed by atoms with Gasteiger partial charge in [0.1, 0.15) is 0 Å². The molecule has 3 amide bonds. The highest BCUT2D eigenvalue weighted by Gasteiger charge is 2.24. The molecule has 1 N–H and O–H groups in total. The van der Waals surface area contributed by atoms with Crippen LogP contribution in [0.2, 0.25) is 0 Å². The lowest BCUT2D eigenvalue weighted by Gasteiger charge is -2.34. The Labute approximate surface area is 165 Å². The number of hydrogen-bond donors (Lipinski definition) is 1. The normalized spacial score (nSPS) is 14.0. The number of halogens is 2. The molecule has 3 rings (SSSR count). The van der Waals surface area contributed by atoms with Crippen LogP contribution in [-0.4, -0.2) is 54.5 Å². The number of urea groups is 1. The quantitative estimate of drug-likeness (QED) is 0.800. The van der Waals surface area contributed by atoms with E-state index in [0.29, 0.717) is 30.7 Å². The maximum absolute atomic E-state index is 13.7. The summed E-state index contributed by atoms with van der Waals surface area (Å²) in [6.45, 7) is 1.43. The van der Waals surface area contributed by atoms with Crippen molar-refractivity contribution in [2.75, 3.05) is 38.1 Å². The Kier molecular flexibility index (Phi) is 6.28. The van der Waals surface area contributed by atoms with Gasteiger partial charge in [-0.2, -0.15) is 0 Å². The zero-order valence-corrected chi connectivity index (χ0v) is 16.1. The Morgan fingerprint density at radius 3 is 2.37 bits per heavy atom. The molecule has 0 spiro atoms. The molecule has 1 aliphatic heterocycles. The standard InChI is InChI=1S/C19H19BrFN3O3/c20-14-6-7-17(16(21)12-14)27-13-18(25)23-8-10-24(11-9-23)19(26)22-15-4-2-1-3-5-15/h1-7,12H,8-11,13H2,(H,22,26). The van der Waals surface area contributed by atoms with Gasteiger partial charge in [0, 0.05) is 36.3 Å². The van der Waals surface area contributed by atoms with Gasteiger partial charge in [-0.15, -0.1) is 0 Å². The maximum Gasteiger partial charge on any atom is 0.321 e. The Balaban J connectivity index is 1.45. The van der Waals surface area contributed by atoms with Crippen LogP contribution < -0.4 is 10.1 Å². The molecular weight excluding hydrogens is 417 g/mol. The fourth-order valence-corrected chi connectivity index (χ4v) is 3.04. The second-order valence-electron chi connectivity index (χ2n) is 6.03. The molecule has 1 aliphatic rings. The van der Waals surface area contributed by atoms with E-state index in [1.807, 2.05) is 30.3 Å². The highest BCUT2D eigenvalue weighted by atomic mass is 79.9. The van der Waals surface area contributed by atoms with E-state index in [2.05, 4.69) is 21.2 Å². The molecule has 0 atom stereocenters. The van der Waals surface area contributed by atoms with Crippen LogP contribution in [0.25, 0.3) is 0 Å². The molecule has 1 fully saturated rings. The van der Waals surface area contributed by atoms with E-state index in [-0.39, 0.29) is 24.3 Å². The number of anilines is 1. The van der Waals surface area contributed by atoms with Crippen LogP contribution in [0.4, 0.5) is 14.9 Å². The summed E-state index contributed by atoms with van der Waals surface area (Å²) in [5, 5.41) is 2.83. The van der Waals surface area contributed by atoms with Crippen LogP contribution in [0, 0.1) is 5.82 Å². The predicted molar refractivity (Wildman–Crippen MR) is 103 cm³/mol. The molecule has 0 bridgehead atoms. The zero-order valence-electron chi connectivity index (χ0n) is 14.5. The summed E-state index contributed by atoms with van der Waals surface area (Å²) in [4.78, 5) is 27.8. The summed E-state index contributed by atoms with van der Waals surface area (Å²) in [6, 6.07) is 13.4. The van der Waals surface area contributed by atoms with Gasteiger partial charge in [-0.1, -0.05) is 34.1 Å². The van der Waals surface area contributed by atoms with Crippen LogP contribution in [0.3, 0.4) is 0 Å². The molecule has 0 radical (unpaired) electrons. The van der Waals surface area contributed by atoms with Crippen LogP contribution in [0.1, 0.15) is 0 Å². The second-order valence-corrected chi connectivity index (χ2v) is 6.94. The van der Waals surface area contributed by atoms with Gasteiger partial charge in [-0.25, -0.2) is 9.18 Å². The third-order valence-electron chi connectivity index (χ3n) is 4.19. The first-order valence-electron chi connectivity index (χ1n) is 8.49. The Hall–Kier alpha value is -2.61. The average Bonchev–Trinajstić information content (AvgIpc) is 2.68. The van der Waals surface area contributed by atoms with Gasteiger partial charge < -0.3 is 19.9 Å². The summed E-state index contributed by atoms with van der Waals surface area (Å²) in [5.74, 6) is -0.729. The number of hydrogen-bond acceptors (Lipinski definition) is 3. The van der Waals surface area contributed by atoms with E-state index < -0.39 is 5.82 Å². The molecule has 0 aliphatic carbocycles. The molecular formula is C19H19BrFN3O3. The van der Waals surface area contributed by atoms with Crippen molar-refractivity contribution < 1.29 is 18.7 Å². The molecule has 1 saturated heterocycles. The molecule has 0 aromatic heterocycles. The first-order chi connectivity index (χ1) is 13.0. The lowest BCUT2D eigenvalue weighted by atomic mass is 10.3. The number of nitrogens with one attached hydrogen (secondary N) is 1. The number of para-hydroxylation sites is 1. The van der Waals surface area contributed by atoms with Crippen molar-refractivity contribution in [2.24, 2.45) is 0 Å². The van der Waals surface area contributed by atoms with Crippen LogP contribution in [0.15, 0.2) is 53.0 Å². The first-order valence-corrected chi connectivity index (χ1v) is 9.29. The second kappa shape index (κ2) is 8.85. The largest absolute Gasteiger partial charge is 0.481 e. The predicted octanol–water partition coefficient (Wildman–Crippen LogP) is 3.34. The van der Waals surface area contributed by atoms with Crippen LogP contribution >= 0.6 is 15.9 Å². The smallest absolute Gasteiger partial charge is 0.321 e. The fraction of sp³-hybridized carbons (Fsp3) is 0.263. The number of piperazine rings is 1. The third kappa shape index (κ3) is 5.19. The van der Waals surface area contributed by atoms with Gasteiger partial charge in [-0.3, -0.25) is 4.79 Å². The first kappa shape index (κ1) is 19.2. The van der Waals surface area contributed by atoms with E-state index >= 15 is 0 Å². The van der Waals surface area contributed by atoms with E-state index in [4.69, 9.17) is 4.74 Å². The lowest BCUT2D eigenvalue weighted by molar-refractivity contribution is -0.134.